The molecule has 0 aromatic carbocycles. The SMILES string of the molecule is BC(=O)OC.CCOP(OCC)OCC. The maximum absolute atomic E-state index is 9.59. The summed E-state index contributed by atoms with van der Waals surface area (Å²) >= 11 is 0. The van der Waals surface area contributed by atoms with Gasteiger partial charge in [-0.3, -0.25) is 4.79 Å². The summed E-state index contributed by atoms with van der Waals surface area (Å²) in [6, 6.07) is 0. The van der Waals surface area contributed by atoms with Crippen molar-refractivity contribution in [1.29, 1.82) is 0 Å². The van der Waals surface area contributed by atoms with Gasteiger partial charge in [0.1, 0.15) is 0 Å². The molecule has 0 aliphatic heterocycles. The molecule has 15 heavy (non-hydrogen) atoms. The van der Waals surface area contributed by atoms with E-state index in [9.17, 15) is 4.79 Å². The molecule has 0 aliphatic carbocycles. The molecule has 0 aliphatic rings. The largest absolute Gasteiger partial charge is 0.477 e. The van der Waals surface area contributed by atoms with E-state index in [1.165, 1.54) is 15.0 Å². The van der Waals surface area contributed by atoms with Gasteiger partial charge < -0.3 is 18.3 Å². The number of rotatable bonds is 6. The van der Waals surface area contributed by atoms with Crippen molar-refractivity contribution in [2.75, 3.05) is 26.9 Å². The molecule has 0 atom stereocenters. The Kier molecular flexibility index (Phi) is 15.9. The fourth-order valence-electron chi connectivity index (χ4n) is 0.428. The number of ether oxygens (including phenoxy) is 1. The summed E-state index contributed by atoms with van der Waals surface area (Å²) in [7, 11) is 1.65. The summed E-state index contributed by atoms with van der Waals surface area (Å²) in [5, 5.41) is 0. The average molecular weight is 238 g/mol. The van der Waals surface area contributed by atoms with Crippen LogP contribution in [0.1, 0.15) is 20.8 Å². The van der Waals surface area contributed by atoms with Crippen LogP contribution in [-0.2, 0) is 18.3 Å². The van der Waals surface area contributed by atoms with Crippen LogP contribution in [-0.4, -0.2) is 40.6 Å². The summed E-state index contributed by atoms with van der Waals surface area (Å²) in [6.45, 7) is 7.71. The van der Waals surface area contributed by atoms with Crippen LogP contribution in [0, 0.1) is 0 Å². The minimum absolute atomic E-state index is 0.245. The molecule has 0 rings (SSSR count). The number of methoxy groups -OCH3 is 1. The Morgan fingerprint density at radius 2 is 1.33 bits per heavy atom. The Morgan fingerprint density at radius 3 is 1.47 bits per heavy atom. The molecular weight excluding hydrogens is 218 g/mol. The van der Waals surface area contributed by atoms with Crippen LogP contribution in [0.15, 0.2) is 0 Å². The lowest BCUT2D eigenvalue weighted by molar-refractivity contribution is 0.176. The van der Waals surface area contributed by atoms with E-state index in [1.807, 2.05) is 20.8 Å². The van der Waals surface area contributed by atoms with Crippen LogP contribution in [0.4, 0.5) is 4.79 Å². The fourth-order valence-corrected chi connectivity index (χ4v) is 1.28. The first-order valence-corrected chi connectivity index (χ1v) is 5.95. The average Bonchev–Trinajstić information content (AvgIpc) is 2.20. The van der Waals surface area contributed by atoms with Crippen molar-refractivity contribution in [3.05, 3.63) is 0 Å². The van der Waals surface area contributed by atoms with E-state index in [0.29, 0.717) is 19.8 Å². The predicted octanol–water partition coefficient (Wildman–Crippen LogP) is 1.71. The second-order valence-electron chi connectivity index (χ2n) is 2.17. The number of hydrogen-bond donors (Lipinski definition) is 0. The Labute approximate surface area is 93.8 Å². The zero-order chi connectivity index (χ0) is 12.1. The molecular formula is C8H20BO5P. The first kappa shape index (κ1) is 17.2. The molecule has 0 saturated carbocycles. The third-order valence-electron chi connectivity index (χ3n) is 0.991. The summed E-state index contributed by atoms with van der Waals surface area (Å²) in [4.78, 5) is 9.59. The van der Waals surface area contributed by atoms with Gasteiger partial charge in [-0.15, -0.1) is 0 Å². The molecule has 0 bridgehead atoms. The van der Waals surface area contributed by atoms with Crippen LogP contribution >= 0.6 is 8.60 Å². The van der Waals surface area contributed by atoms with Crippen molar-refractivity contribution in [3.8, 4) is 0 Å². The van der Waals surface area contributed by atoms with Gasteiger partial charge in [0.25, 0.3) is 0 Å². The van der Waals surface area contributed by atoms with Crippen LogP contribution in [0.25, 0.3) is 0 Å². The van der Waals surface area contributed by atoms with E-state index in [4.69, 9.17) is 13.6 Å². The van der Waals surface area contributed by atoms with Gasteiger partial charge >= 0.3 is 8.60 Å². The van der Waals surface area contributed by atoms with E-state index in [-0.39, 0.29) is 5.87 Å². The third kappa shape index (κ3) is 16.5. The summed E-state index contributed by atoms with van der Waals surface area (Å²) in [5.41, 5.74) is 0. The molecule has 0 N–H and O–H groups in total. The summed E-state index contributed by atoms with van der Waals surface area (Å²) in [5.74, 6) is -0.245. The molecule has 0 saturated heterocycles. The zero-order valence-electron chi connectivity index (χ0n) is 10.1. The van der Waals surface area contributed by atoms with Crippen molar-refractivity contribution in [2.24, 2.45) is 0 Å². The molecule has 0 unspecified atom stereocenters. The van der Waals surface area contributed by atoms with Crippen LogP contribution in [0.2, 0.25) is 0 Å². The second-order valence-corrected chi connectivity index (χ2v) is 3.39. The molecule has 0 fully saturated rings. The highest BCUT2D eigenvalue weighted by Gasteiger charge is 2.07. The smallest absolute Gasteiger partial charge is 0.332 e. The van der Waals surface area contributed by atoms with Gasteiger partial charge in [0, 0.05) is 0 Å². The lowest BCUT2D eigenvalue weighted by Gasteiger charge is -2.12. The van der Waals surface area contributed by atoms with Crippen molar-refractivity contribution in [1.82, 2.24) is 0 Å². The van der Waals surface area contributed by atoms with Crippen molar-refractivity contribution >= 4 is 22.3 Å². The maximum Gasteiger partial charge on any atom is 0.332 e. The quantitative estimate of drug-likeness (QED) is 0.520. The van der Waals surface area contributed by atoms with Crippen LogP contribution in [0.3, 0.4) is 0 Å². The lowest BCUT2D eigenvalue weighted by Crippen LogP contribution is -1.94. The third-order valence-corrected chi connectivity index (χ3v) is 2.40. The van der Waals surface area contributed by atoms with Crippen molar-refractivity contribution in [3.63, 3.8) is 0 Å². The Hall–Kier alpha value is -0.155. The molecule has 0 spiro atoms. The van der Waals surface area contributed by atoms with Gasteiger partial charge in [-0.2, -0.15) is 0 Å². The van der Waals surface area contributed by atoms with Gasteiger partial charge in [-0.1, -0.05) is 0 Å². The summed E-state index contributed by atoms with van der Waals surface area (Å²) < 4.78 is 19.5. The first-order valence-electron chi connectivity index (χ1n) is 4.85. The van der Waals surface area contributed by atoms with Gasteiger partial charge in [0.05, 0.1) is 26.9 Å². The predicted molar refractivity (Wildman–Crippen MR) is 62.7 cm³/mol. The molecule has 0 amide bonds. The highest BCUT2D eigenvalue weighted by molar-refractivity contribution is 7.41. The molecule has 0 aromatic heterocycles. The van der Waals surface area contributed by atoms with Crippen LogP contribution < -0.4 is 0 Å². The molecule has 7 heteroatoms. The van der Waals surface area contributed by atoms with E-state index < -0.39 is 8.60 Å². The number of carbonyl (C=O) groups is 1. The minimum atomic E-state index is -1.06. The minimum Gasteiger partial charge on any atom is -0.477 e. The number of carbonyl (C=O) groups excluding carboxylic acids is 1. The first-order chi connectivity index (χ1) is 7.12. The van der Waals surface area contributed by atoms with Crippen molar-refractivity contribution < 1.29 is 23.1 Å². The van der Waals surface area contributed by atoms with Crippen molar-refractivity contribution in [2.45, 2.75) is 20.8 Å². The molecule has 0 heterocycles. The highest BCUT2D eigenvalue weighted by atomic mass is 31.2. The van der Waals surface area contributed by atoms with Gasteiger partial charge in [-0.25, -0.2) is 0 Å². The number of hydrogen-bond acceptors (Lipinski definition) is 5. The highest BCUT2D eigenvalue weighted by Crippen LogP contribution is 2.38. The normalized spacial score (nSPS) is 9.40. The van der Waals surface area contributed by atoms with E-state index in [2.05, 4.69) is 4.74 Å². The van der Waals surface area contributed by atoms with E-state index >= 15 is 0 Å². The zero-order valence-corrected chi connectivity index (χ0v) is 11.0. The van der Waals surface area contributed by atoms with Gasteiger partial charge in [-0.05, 0) is 20.8 Å². The monoisotopic (exact) mass is 238 g/mol. The molecule has 0 radical (unpaired) electrons. The topological polar surface area (TPSA) is 54.0 Å². The standard InChI is InChI=1S/C6H15O3P.C2H5BO2/c1-4-7-10(8-5-2)9-6-3;1-5-2(3)4/h4-6H2,1-3H3;3H2,1H3. The van der Waals surface area contributed by atoms with Gasteiger partial charge in [0.15, 0.2) is 0 Å². The van der Waals surface area contributed by atoms with E-state index in [0.717, 1.165) is 0 Å². The maximum atomic E-state index is 9.59. The van der Waals surface area contributed by atoms with E-state index in [1.54, 1.807) is 0 Å². The Bertz CT molecular complexity index is 133. The molecule has 5 nitrogen and oxygen atoms in total. The fraction of sp³-hybridized carbons (Fsp3) is 0.875. The summed E-state index contributed by atoms with van der Waals surface area (Å²) in [6.07, 6.45) is 0. The molecule has 90 valence electrons. The van der Waals surface area contributed by atoms with Crippen LogP contribution in [0.5, 0.6) is 0 Å². The Morgan fingerprint density at radius 1 is 1.07 bits per heavy atom. The lowest BCUT2D eigenvalue weighted by atomic mass is 10.2. The van der Waals surface area contributed by atoms with Gasteiger partial charge in [0.2, 0.25) is 13.7 Å². The second kappa shape index (κ2) is 13.8. The Balaban J connectivity index is 0. The molecule has 0 aromatic rings.